The highest BCUT2D eigenvalue weighted by Crippen LogP contribution is 2.19. The molecule has 0 radical (unpaired) electrons. The second-order valence-corrected chi connectivity index (χ2v) is 7.49. The third kappa shape index (κ3) is 5.37. The lowest BCUT2D eigenvalue weighted by Gasteiger charge is -2.13. The van der Waals surface area contributed by atoms with Crippen LogP contribution in [0, 0.1) is 0 Å². The minimum Gasteiger partial charge on any atom is -0.310 e. The SMILES string of the molecule is CCCCC(C)NS(=O)(=O)c1ccc(CNC2CC2)cn1. The lowest BCUT2D eigenvalue weighted by atomic mass is 10.2. The molecule has 0 bridgehead atoms. The fraction of sp³-hybridized carbons (Fsp3) is 0.667. The number of rotatable bonds is 9. The zero-order chi connectivity index (χ0) is 15.3. The van der Waals surface area contributed by atoms with Crippen LogP contribution in [-0.2, 0) is 16.6 Å². The fourth-order valence-corrected chi connectivity index (χ4v) is 3.33. The maximum Gasteiger partial charge on any atom is 0.258 e. The molecular formula is C15H25N3O2S. The molecular weight excluding hydrogens is 286 g/mol. The Morgan fingerprint density at radius 3 is 2.71 bits per heavy atom. The zero-order valence-electron chi connectivity index (χ0n) is 12.8. The van der Waals surface area contributed by atoms with Crippen LogP contribution < -0.4 is 10.0 Å². The summed E-state index contributed by atoms with van der Waals surface area (Å²) in [7, 11) is -3.51. The van der Waals surface area contributed by atoms with E-state index >= 15 is 0 Å². The van der Waals surface area contributed by atoms with Gasteiger partial charge >= 0.3 is 0 Å². The summed E-state index contributed by atoms with van der Waals surface area (Å²) in [4.78, 5) is 4.09. The number of hydrogen-bond donors (Lipinski definition) is 2. The highest BCUT2D eigenvalue weighted by Gasteiger charge is 2.21. The Kier molecular flexibility index (Phi) is 5.72. The van der Waals surface area contributed by atoms with Gasteiger partial charge in [-0.25, -0.2) is 18.1 Å². The van der Waals surface area contributed by atoms with Crippen LogP contribution in [0.15, 0.2) is 23.4 Å². The summed E-state index contributed by atoms with van der Waals surface area (Å²) in [6.07, 6.45) is 7.04. The summed E-state index contributed by atoms with van der Waals surface area (Å²) in [5, 5.41) is 3.48. The van der Waals surface area contributed by atoms with E-state index in [1.807, 2.05) is 13.0 Å². The van der Waals surface area contributed by atoms with Gasteiger partial charge in [-0.15, -0.1) is 0 Å². The number of sulfonamides is 1. The largest absolute Gasteiger partial charge is 0.310 e. The molecule has 1 aromatic heterocycles. The Labute approximate surface area is 127 Å². The van der Waals surface area contributed by atoms with Crippen LogP contribution in [0.2, 0.25) is 0 Å². The first-order valence-electron chi connectivity index (χ1n) is 7.72. The molecule has 0 spiro atoms. The first-order chi connectivity index (χ1) is 10.0. The van der Waals surface area contributed by atoms with Crippen LogP contribution in [0.5, 0.6) is 0 Å². The summed E-state index contributed by atoms with van der Waals surface area (Å²) in [5.41, 5.74) is 1.01. The molecule has 0 amide bonds. The standard InChI is InChI=1S/C15H25N3O2S/c1-3-4-5-12(2)18-21(19,20)15-9-6-13(11-17-15)10-16-14-7-8-14/h6,9,11-12,14,16,18H,3-5,7-8,10H2,1-2H3. The summed E-state index contributed by atoms with van der Waals surface area (Å²) >= 11 is 0. The molecule has 2 N–H and O–H groups in total. The van der Waals surface area contributed by atoms with E-state index in [0.717, 1.165) is 31.4 Å². The van der Waals surface area contributed by atoms with Crippen LogP contribution >= 0.6 is 0 Å². The van der Waals surface area contributed by atoms with Gasteiger partial charge in [-0.05, 0) is 37.8 Å². The van der Waals surface area contributed by atoms with Gasteiger partial charge in [-0.2, -0.15) is 0 Å². The van der Waals surface area contributed by atoms with Crippen molar-refractivity contribution >= 4 is 10.0 Å². The van der Waals surface area contributed by atoms with E-state index in [2.05, 4.69) is 21.9 Å². The van der Waals surface area contributed by atoms with Gasteiger partial charge in [-0.1, -0.05) is 25.8 Å². The third-order valence-electron chi connectivity index (χ3n) is 3.59. The summed E-state index contributed by atoms with van der Waals surface area (Å²) in [6, 6.07) is 3.98. The maximum atomic E-state index is 12.2. The van der Waals surface area contributed by atoms with Gasteiger partial charge in [-0.3, -0.25) is 0 Å². The highest BCUT2D eigenvalue weighted by molar-refractivity contribution is 7.89. The molecule has 1 heterocycles. The predicted octanol–water partition coefficient (Wildman–Crippen LogP) is 2.19. The van der Waals surface area contributed by atoms with Crippen molar-refractivity contribution in [3.05, 3.63) is 23.9 Å². The smallest absolute Gasteiger partial charge is 0.258 e. The number of pyridine rings is 1. The lowest BCUT2D eigenvalue weighted by molar-refractivity contribution is 0.531. The highest BCUT2D eigenvalue weighted by atomic mass is 32.2. The lowest BCUT2D eigenvalue weighted by Crippen LogP contribution is -2.33. The van der Waals surface area contributed by atoms with Gasteiger partial charge in [0.1, 0.15) is 0 Å². The van der Waals surface area contributed by atoms with Crippen LogP contribution in [0.3, 0.4) is 0 Å². The molecule has 0 aliphatic heterocycles. The van der Waals surface area contributed by atoms with E-state index in [1.165, 1.54) is 12.8 Å². The minimum absolute atomic E-state index is 0.0621. The summed E-state index contributed by atoms with van der Waals surface area (Å²) in [6.45, 7) is 4.73. The van der Waals surface area contributed by atoms with Gasteiger partial charge in [0.2, 0.25) is 0 Å². The Bertz CT molecular complexity index is 539. The molecule has 1 unspecified atom stereocenters. The normalized spacial score (nSPS) is 16.9. The summed E-state index contributed by atoms with van der Waals surface area (Å²) in [5.74, 6) is 0. The number of nitrogens with zero attached hydrogens (tertiary/aromatic N) is 1. The Morgan fingerprint density at radius 1 is 1.38 bits per heavy atom. The van der Waals surface area contributed by atoms with Gasteiger partial charge in [0.25, 0.3) is 10.0 Å². The van der Waals surface area contributed by atoms with Crippen LogP contribution in [0.1, 0.15) is 51.5 Å². The van der Waals surface area contributed by atoms with Crippen molar-refractivity contribution in [3.8, 4) is 0 Å². The van der Waals surface area contributed by atoms with Crippen molar-refractivity contribution in [2.45, 2.75) is 69.6 Å². The van der Waals surface area contributed by atoms with Crippen molar-refractivity contribution in [1.29, 1.82) is 0 Å². The Balaban J connectivity index is 1.92. The van der Waals surface area contributed by atoms with Gasteiger partial charge < -0.3 is 5.32 Å². The van der Waals surface area contributed by atoms with Crippen molar-refractivity contribution in [3.63, 3.8) is 0 Å². The van der Waals surface area contributed by atoms with Crippen LogP contribution in [-0.4, -0.2) is 25.5 Å². The van der Waals surface area contributed by atoms with Crippen LogP contribution in [0.4, 0.5) is 0 Å². The summed E-state index contributed by atoms with van der Waals surface area (Å²) < 4.78 is 27.1. The van der Waals surface area contributed by atoms with E-state index in [4.69, 9.17) is 0 Å². The van der Waals surface area contributed by atoms with E-state index in [1.54, 1.807) is 12.3 Å². The Hall–Kier alpha value is -0.980. The molecule has 1 aliphatic rings. The van der Waals surface area contributed by atoms with Gasteiger partial charge in [0.15, 0.2) is 5.03 Å². The molecule has 5 nitrogen and oxygen atoms in total. The molecule has 1 aliphatic carbocycles. The Morgan fingerprint density at radius 2 is 2.14 bits per heavy atom. The molecule has 6 heteroatoms. The van der Waals surface area contributed by atoms with E-state index in [-0.39, 0.29) is 11.1 Å². The minimum atomic E-state index is -3.51. The second-order valence-electron chi connectivity index (χ2n) is 5.82. The number of unbranched alkanes of at least 4 members (excludes halogenated alkanes) is 1. The molecule has 0 saturated heterocycles. The zero-order valence-corrected chi connectivity index (χ0v) is 13.6. The quantitative estimate of drug-likeness (QED) is 0.733. The average Bonchev–Trinajstić information content (AvgIpc) is 3.27. The first-order valence-corrected chi connectivity index (χ1v) is 9.20. The third-order valence-corrected chi connectivity index (χ3v) is 5.10. The molecule has 1 saturated carbocycles. The predicted molar refractivity (Wildman–Crippen MR) is 83.4 cm³/mol. The van der Waals surface area contributed by atoms with Gasteiger partial charge in [0.05, 0.1) is 0 Å². The molecule has 1 atom stereocenters. The molecule has 21 heavy (non-hydrogen) atoms. The number of hydrogen-bond acceptors (Lipinski definition) is 4. The number of aromatic nitrogens is 1. The van der Waals surface area contributed by atoms with Crippen LogP contribution in [0.25, 0.3) is 0 Å². The van der Waals surface area contributed by atoms with E-state index < -0.39 is 10.0 Å². The van der Waals surface area contributed by atoms with Gasteiger partial charge in [0, 0.05) is 24.8 Å². The second kappa shape index (κ2) is 7.33. The topological polar surface area (TPSA) is 71.1 Å². The fourth-order valence-electron chi connectivity index (χ4n) is 2.12. The monoisotopic (exact) mass is 311 g/mol. The van der Waals surface area contributed by atoms with E-state index in [0.29, 0.717) is 6.04 Å². The van der Waals surface area contributed by atoms with Crippen molar-refractivity contribution in [1.82, 2.24) is 15.0 Å². The first kappa shape index (κ1) is 16.4. The van der Waals surface area contributed by atoms with Crippen molar-refractivity contribution in [2.75, 3.05) is 0 Å². The maximum absolute atomic E-state index is 12.2. The molecule has 0 aromatic carbocycles. The molecule has 1 fully saturated rings. The average molecular weight is 311 g/mol. The van der Waals surface area contributed by atoms with Crippen molar-refractivity contribution in [2.24, 2.45) is 0 Å². The molecule has 118 valence electrons. The van der Waals surface area contributed by atoms with E-state index in [9.17, 15) is 8.42 Å². The van der Waals surface area contributed by atoms with Crippen molar-refractivity contribution < 1.29 is 8.42 Å². The number of nitrogens with one attached hydrogen (secondary N) is 2. The molecule has 1 aromatic rings. The molecule has 2 rings (SSSR count).